The number of Topliss-reactive ketones (excluding diaryl/α,β-unsaturated/α-hetero) is 1. The number of nitro groups is 1. The molecule has 2 aromatic rings. The summed E-state index contributed by atoms with van der Waals surface area (Å²) in [6.07, 6.45) is 4.17. The lowest BCUT2D eigenvalue weighted by Gasteiger charge is -2.16. The lowest BCUT2D eigenvalue weighted by Crippen LogP contribution is -2.21. The lowest BCUT2D eigenvalue weighted by molar-refractivity contribution is -0.385. The summed E-state index contributed by atoms with van der Waals surface area (Å²) in [5.41, 5.74) is 3.67. The Bertz CT molecular complexity index is 1030. The maximum atomic E-state index is 12.4. The molecule has 0 aromatic heterocycles. The third-order valence-corrected chi connectivity index (χ3v) is 5.28. The zero-order valence-electron chi connectivity index (χ0n) is 17.3. The minimum absolute atomic E-state index is 0.00337. The monoisotopic (exact) mass is 424 g/mol. The molecule has 0 spiro atoms. The van der Waals surface area contributed by atoms with Gasteiger partial charge in [0.1, 0.15) is 0 Å². The van der Waals surface area contributed by atoms with Crippen molar-refractivity contribution in [2.75, 3.05) is 11.9 Å². The van der Waals surface area contributed by atoms with Crippen LogP contribution in [0.3, 0.4) is 0 Å². The van der Waals surface area contributed by atoms with Crippen molar-refractivity contribution in [2.24, 2.45) is 0 Å². The number of rotatable bonds is 8. The molecule has 0 fully saturated rings. The van der Waals surface area contributed by atoms with Crippen molar-refractivity contribution >= 4 is 29.0 Å². The number of benzene rings is 2. The first-order valence-electron chi connectivity index (χ1n) is 10.2. The predicted molar refractivity (Wildman–Crippen MR) is 114 cm³/mol. The number of carbonyl (C=O) groups excluding carboxylic acids is 3. The zero-order valence-corrected chi connectivity index (χ0v) is 17.3. The number of ether oxygens (including phenoxy) is 1. The molecule has 1 N–H and O–H groups in total. The van der Waals surface area contributed by atoms with E-state index < -0.39 is 23.4 Å². The molecule has 0 saturated heterocycles. The third kappa shape index (κ3) is 5.97. The molecule has 0 saturated carbocycles. The third-order valence-electron chi connectivity index (χ3n) is 5.28. The maximum Gasteiger partial charge on any atom is 0.306 e. The Kier molecular flexibility index (Phi) is 7.12. The van der Waals surface area contributed by atoms with E-state index in [-0.39, 0.29) is 30.0 Å². The van der Waals surface area contributed by atoms with Crippen molar-refractivity contribution in [3.8, 4) is 0 Å². The molecule has 8 nitrogen and oxygen atoms in total. The fourth-order valence-electron chi connectivity index (χ4n) is 3.57. The van der Waals surface area contributed by atoms with Crippen LogP contribution in [0.25, 0.3) is 0 Å². The lowest BCUT2D eigenvalue weighted by atomic mass is 9.89. The number of carbonyl (C=O) groups is 3. The van der Waals surface area contributed by atoms with Gasteiger partial charge in [0.05, 0.1) is 11.3 Å². The van der Waals surface area contributed by atoms with Gasteiger partial charge in [-0.3, -0.25) is 24.5 Å². The molecule has 1 aliphatic carbocycles. The highest BCUT2D eigenvalue weighted by Gasteiger charge is 2.16. The summed E-state index contributed by atoms with van der Waals surface area (Å²) in [6.45, 7) is 1.06. The number of hydrogen-bond acceptors (Lipinski definition) is 6. The van der Waals surface area contributed by atoms with E-state index in [1.807, 2.05) is 12.1 Å². The number of hydrogen-bond donors (Lipinski definition) is 1. The van der Waals surface area contributed by atoms with Gasteiger partial charge in [0.2, 0.25) is 0 Å². The Hall–Kier alpha value is -3.55. The van der Waals surface area contributed by atoms with Crippen LogP contribution in [-0.2, 0) is 27.2 Å². The molecule has 162 valence electrons. The number of nitrogens with one attached hydrogen (secondary N) is 1. The minimum atomic E-state index is -0.656. The van der Waals surface area contributed by atoms with Crippen molar-refractivity contribution in [3.63, 3.8) is 0 Å². The first kappa shape index (κ1) is 22.1. The van der Waals surface area contributed by atoms with E-state index in [1.54, 1.807) is 13.0 Å². The summed E-state index contributed by atoms with van der Waals surface area (Å²) in [5, 5.41) is 13.4. The van der Waals surface area contributed by atoms with E-state index in [1.165, 1.54) is 35.7 Å². The molecule has 1 amide bonds. The van der Waals surface area contributed by atoms with Crippen molar-refractivity contribution in [1.29, 1.82) is 0 Å². The highest BCUT2D eigenvalue weighted by Crippen LogP contribution is 2.23. The zero-order chi connectivity index (χ0) is 22.4. The molecule has 31 heavy (non-hydrogen) atoms. The van der Waals surface area contributed by atoms with Crippen molar-refractivity contribution in [1.82, 2.24) is 0 Å². The summed E-state index contributed by atoms with van der Waals surface area (Å²) in [5.74, 6) is -1.41. The standard InChI is InChI=1S/C23H24N2O6/c1-15-6-9-19(13-20(15)25(29)30)24-22(27)14-31-23(28)11-10-21(26)18-8-7-16-4-2-3-5-17(16)12-18/h6-9,12-13H,2-5,10-11,14H2,1H3,(H,24,27). The number of esters is 1. The van der Waals surface area contributed by atoms with Crippen LogP contribution in [-0.4, -0.2) is 29.2 Å². The number of aryl methyl sites for hydroxylation is 3. The second kappa shape index (κ2) is 9.97. The highest BCUT2D eigenvalue weighted by molar-refractivity contribution is 5.98. The van der Waals surface area contributed by atoms with E-state index in [4.69, 9.17) is 4.74 Å². The molecule has 0 radical (unpaired) electrons. The number of anilines is 1. The number of amides is 1. The van der Waals surface area contributed by atoms with Crippen LogP contribution in [0.15, 0.2) is 36.4 Å². The van der Waals surface area contributed by atoms with Crippen LogP contribution in [0, 0.1) is 17.0 Å². The van der Waals surface area contributed by atoms with Crippen LogP contribution >= 0.6 is 0 Å². The van der Waals surface area contributed by atoms with Crippen molar-refractivity contribution in [2.45, 2.75) is 45.4 Å². The molecule has 0 heterocycles. The molecular formula is C23H24N2O6. The first-order valence-corrected chi connectivity index (χ1v) is 10.2. The first-order chi connectivity index (χ1) is 14.8. The molecule has 2 aromatic carbocycles. The largest absolute Gasteiger partial charge is 0.456 e. The van der Waals surface area contributed by atoms with Crippen LogP contribution in [0.2, 0.25) is 0 Å². The number of ketones is 1. The predicted octanol–water partition coefficient (Wildman–Crippen LogP) is 3.93. The Balaban J connectivity index is 1.45. The van der Waals surface area contributed by atoms with Crippen LogP contribution in [0.4, 0.5) is 11.4 Å². The number of nitrogens with zero attached hydrogens (tertiary/aromatic N) is 1. The SMILES string of the molecule is Cc1ccc(NC(=O)COC(=O)CCC(=O)c2ccc3c(c2)CCCC3)cc1[N+](=O)[O-]. The van der Waals surface area contributed by atoms with Gasteiger partial charge in [-0.15, -0.1) is 0 Å². The van der Waals surface area contributed by atoms with E-state index in [2.05, 4.69) is 5.32 Å². The fourth-order valence-corrected chi connectivity index (χ4v) is 3.57. The molecule has 0 bridgehead atoms. The van der Waals surface area contributed by atoms with E-state index >= 15 is 0 Å². The Labute approximate surface area is 179 Å². The molecule has 0 unspecified atom stereocenters. The Morgan fingerprint density at radius 2 is 1.77 bits per heavy atom. The van der Waals surface area contributed by atoms with Gasteiger partial charge in [-0.1, -0.05) is 18.2 Å². The number of fused-ring (bicyclic) bond motifs is 1. The summed E-state index contributed by atoms with van der Waals surface area (Å²) in [6, 6.07) is 9.99. The molecule has 0 atom stereocenters. The summed E-state index contributed by atoms with van der Waals surface area (Å²) in [7, 11) is 0. The van der Waals surface area contributed by atoms with Gasteiger partial charge in [0.25, 0.3) is 11.6 Å². The maximum absolute atomic E-state index is 12.4. The van der Waals surface area contributed by atoms with Crippen LogP contribution in [0.1, 0.15) is 52.7 Å². The molecule has 0 aliphatic heterocycles. The minimum Gasteiger partial charge on any atom is -0.456 e. The summed E-state index contributed by atoms with van der Waals surface area (Å²) >= 11 is 0. The van der Waals surface area contributed by atoms with Gasteiger partial charge >= 0.3 is 5.97 Å². The topological polar surface area (TPSA) is 116 Å². The van der Waals surface area contributed by atoms with Gasteiger partial charge in [0, 0.05) is 29.3 Å². The van der Waals surface area contributed by atoms with Crippen LogP contribution < -0.4 is 5.32 Å². The summed E-state index contributed by atoms with van der Waals surface area (Å²) < 4.78 is 4.92. The average molecular weight is 424 g/mol. The quantitative estimate of drug-likeness (QED) is 0.297. The highest BCUT2D eigenvalue weighted by atomic mass is 16.6. The van der Waals surface area contributed by atoms with Crippen molar-refractivity contribution in [3.05, 3.63) is 68.8 Å². The normalized spacial score (nSPS) is 12.5. The smallest absolute Gasteiger partial charge is 0.306 e. The van der Waals surface area contributed by atoms with E-state index in [9.17, 15) is 24.5 Å². The Morgan fingerprint density at radius 1 is 1.03 bits per heavy atom. The van der Waals surface area contributed by atoms with Gasteiger partial charge < -0.3 is 10.1 Å². The molecule has 1 aliphatic rings. The van der Waals surface area contributed by atoms with Crippen LogP contribution in [0.5, 0.6) is 0 Å². The van der Waals surface area contributed by atoms with Gasteiger partial charge in [-0.25, -0.2) is 0 Å². The summed E-state index contributed by atoms with van der Waals surface area (Å²) in [4.78, 5) is 46.7. The second-order valence-electron chi connectivity index (χ2n) is 7.58. The molecule has 8 heteroatoms. The van der Waals surface area contributed by atoms with Gasteiger partial charge in [-0.05, 0) is 55.9 Å². The number of nitro benzene ring substituents is 1. The van der Waals surface area contributed by atoms with Crippen molar-refractivity contribution < 1.29 is 24.0 Å². The average Bonchev–Trinajstić information content (AvgIpc) is 2.76. The fraction of sp³-hybridized carbons (Fsp3) is 0.348. The Morgan fingerprint density at radius 3 is 2.52 bits per heavy atom. The molecule has 3 rings (SSSR count). The van der Waals surface area contributed by atoms with E-state index in [0.29, 0.717) is 11.1 Å². The van der Waals surface area contributed by atoms with Gasteiger partial charge in [0.15, 0.2) is 12.4 Å². The van der Waals surface area contributed by atoms with E-state index in [0.717, 1.165) is 19.3 Å². The second-order valence-corrected chi connectivity index (χ2v) is 7.58. The molecular weight excluding hydrogens is 400 g/mol. The van der Waals surface area contributed by atoms with Gasteiger partial charge in [-0.2, -0.15) is 0 Å².